The van der Waals surface area contributed by atoms with Gasteiger partial charge in [0.15, 0.2) is 11.5 Å². The van der Waals surface area contributed by atoms with Gasteiger partial charge < -0.3 is 9.47 Å². The smallest absolute Gasteiger partial charge is 0.311 e. The summed E-state index contributed by atoms with van der Waals surface area (Å²) in [5.41, 5.74) is 3.25. The zero-order valence-electron chi connectivity index (χ0n) is 15.1. The van der Waals surface area contributed by atoms with Gasteiger partial charge >= 0.3 is 5.97 Å². The molecule has 130 valence electrons. The molecule has 5 heteroatoms. The first-order valence-electron chi connectivity index (χ1n) is 8.29. The Bertz CT molecular complexity index is 705. The van der Waals surface area contributed by atoms with Crippen molar-refractivity contribution in [3.8, 4) is 11.5 Å². The van der Waals surface area contributed by atoms with Crippen molar-refractivity contribution in [3.63, 3.8) is 0 Å². The number of nitrogens with zero attached hydrogens (tertiary/aromatic N) is 2. The van der Waals surface area contributed by atoms with Crippen molar-refractivity contribution in [2.24, 2.45) is 5.92 Å². The summed E-state index contributed by atoms with van der Waals surface area (Å²) in [6.45, 7) is 9.27. The predicted molar refractivity (Wildman–Crippen MR) is 93.5 cm³/mol. The van der Waals surface area contributed by atoms with Crippen LogP contribution in [0, 0.1) is 19.8 Å². The van der Waals surface area contributed by atoms with Crippen LogP contribution in [0.15, 0.2) is 24.3 Å². The van der Waals surface area contributed by atoms with Crippen LogP contribution in [-0.4, -0.2) is 22.9 Å². The summed E-state index contributed by atoms with van der Waals surface area (Å²) < 4.78 is 12.6. The average molecular weight is 330 g/mol. The standard InChI is InChI=1S/C19H26N2O3/c1-13(2)12-21-15(4)16(14(3)20-21)10-11-19(22)24-18-9-7-6-8-17(18)23-5/h6-9,13H,10-12H2,1-5H3. The largest absolute Gasteiger partial charge is 0.493 e. The van der Waals surface area contributed by atoms with Gasteiger partial charge in [-0.1, -0.05) is 26.0 Å². The Labute approximate surface area is 143 Å². The lowest BCUT2D eigenvalue weighted by Gasteiger charge is -2.09. The number of benzene rings is 1. The van der Waals surface area contributed by atoms with E-state index in [0.717, 1.165) is 23.5 Å². The van der Waals surface area contributed by atoms with Crippen LogP contribution in [0.4, 0.5) is 0 Å². The van der Waals surface area contributed by atoms with Gasteiger partial charge in [-0.2, -0.15) is 5.10 Å². The molecule has 0 amide bonds. The number of para-hydroxylation sites is 2. The van der Waals surface area contributed by atoms with Crippen LogP contribution in [0.25, 0.3) is 0 Å². The Balaban J connectivity index is 2.00. The fourth-order valence-electron chi connectivity index (χ4n) is 2.72. The van der Waals surface area contributed by atoms with Gasteiger partial charge in [0.05, 0.1) is 19.2 Å². The van der Waals surface area contributed by atoms with E-state index in [1.807, 2.05) is 23.7 Å². The van der Waals surface area contributed by atoms with Crippen molar-refractivity contribution in [1.29, 1.82) is 0 Å². The summed E-state index contributed by atoms with van der Waals surface area (Å²) in [4.78, 5) is 12.2. The molecule has 5 nitrogen and oxygen atoms in total. The Hall–Kier alpha value is -2.30. The number of carbonyl (C=O) groups is 1. The molecule has 2 rings (SSSR count). The SMILES string of the molecule is COc1ccccc1OC(=O)CCc1c(C)nn(CC(C)C)c1C. The molecule has 1 aromatic heterocycles. The zero-order chi connectivity index (χ0) is 17.7. The van der Waals surface area contributed by atoms with Crippen LogP contribution >= 0.6 is 0 Å². The molecule has 1 aromatic carbocycles. The van der Waals surface area contributed by atoms with Gasteiger partial charge in [0, 0.05) is 12.2 Å². The van der Waals surface area contributed by atoms with Gasteiger partial charge in [-0.05, 0) is 43.9 Å². The molecular formula is C19H26N2O3. The highest BCUT2D eigenvalue weighted by molar-refractivity contribution is 5.73. The average Bonchev–Trinajstić information content (AvgIpc) is 2.79. The molecule has 24 heavy (non-hydrogen) atoms. The van der Waals surface area contributed by atoms with E-state index >= 15 is 0 Å². The predicted octanol–water partition coefficient (Wildman–Crippen LogP) is 3.70. The summed E-state index contributed by atoms with van der Waals surface area (Å²) in [5.74, 6) is 1.28. The first-order chi connectivity index (χ1) is 11.4. The van der Waals surface area contributed by atoms with E-state index in [1.54, 1.807) is 19.2 Å². The van der Waals surface area contributed by atoms with E-state index < -0.39 is 0 Å². The number of carbonyl (C=O) groups excluding carboxylic acids is 1. The number of methoxy groups -OCH3 is 1. The van der Waals surface area contributed by atoms with Crippen molar-refractivity contribution in [3.05, 3.63) is 41.2 Å². The lowest BCUT2D eigenvalue weighted by atomic mass is 10.1. The number of aromatic nitrogens is 2. The highest BCUT2D eigenvalue weighted by Gasteiger charge is 2.15. The number of hydrogen-bond acceptors (Lipinski definition) is 4. The molecule has 0 aliphatic heterocycles. The van der Waals surface area contributed by atoms with Crippen LogP contribution in [0.5, 0.6) is 11.5 Å². The molecular weight excluding hydrogens is 304 g/mol. The minimum absolute atomic E-state index is 0.269. The number of rotatable bonds is 7. The molecule has 0 aliphatic rings. The van der Waals surface area contributed by atoms with E-state index in [1.165, 1.54) is 0 Å². The molecule has 0 saturated carbocycles. The van der Waals surface area contributed by atoms with Crippen LogP contribution in [0.2, 0.25) is 0 Å². The molecule has 0 N–H and O–H groups in total. The molecule has 0 radical (unpaired) electrons. The maximum absolute atomic E-state index is 12.2. The molecule has 2 aromatic rings. The molecule has 0 spiro atoms. The highest BCUT2D eigenvalue weighted by Crippen LogP contribution is 2.26. The Morgan fingerprint density at radius 1 is 1.21 bits per heavy atom. The van der Waals surface area contributed by atoms with Gasteiger partial charge in [0.2, 0.25) is 0 Å². The number of aryl methyl sites for hydroxylation is 1. The topological polar surface area (TPSA) is 53.4 Å². The summed E-state index contributed by atoms with van der Waals surface area (Å²) in [6, 6.07) is 7.15. The molecule has 0 aliphatic carbocycles. The van der Waals surface area contributed by atoms with Crippen LogP contribution in [0.1, 0.15) is 37.2 Å². The Kier molecular flexibility index (Phi) is 6.01. The fourth-order valence-corrected chi connectivity index (χ4v) is 2.72. The van der Waals surface area contributed by atoms with E-state index in [0.29, 0.717) is 30.3 Å². The van der Waals surface area contributed by atoms with E-state index in [9.17, 15) is 4.79 Å². The summed E-state index contributed by atoms with van der Waals surface area (Å²) in [6.07, 6.45) is 0.941. The van der Waals surface area contributed by atoms with Gasteiger partial charge in [0.25, 0.3) is 0 Å². The van der Waals surface area contributed by atoms with Gasteiger partial charge in [-0.3, -0.25) is 9.48 Å². The third kappa shape index (κ3) is 4.37. The molecule has 0 atom stereocenters. The summed E-state index contributed by atoms with van der Waals surface area (Å²) in [7, 11) is 1.56. The third-order valence-corrected chi connectivity index (χ3v) is 3.94. The first kappa shape index (κ1) is 18.0. The second-order valence-corrected chi connectivity index (χ2v) is 6.35. The molecule has 0 fully saturated rings. The minimum atomic E-state index is -0.269. The molecule has 1 heterocycles. The Morgan fingerprint density at radius 3 is 2.50 bits per heavy atom. The van der Waals surface area contributed by atoms with Crippen LogP contribution < -0.4 is 9.47 Å². The lowest BCUT2D eigenvalue weighted by Crippen LogP contribution is -2.11. The van der Waals surface area contributed by atoms with E-state index in [2.05, 4.69) is 25.9 Å². The molecule has 0 unspecified atom stereocenters. The van der Waals surface area contributed by atoms with Crippen LogP contribution in [0.3, 0.4) is 0 Å². The van der Waals surface area contributed by atoms with Crippen molar-refractivity contribution < 1.29 is 14.3 Å². The minimum Gasteiger partial charge on any atom is -0.493 e. The normalized spacial score (nSPS) is 10.9. The molecule has 0 saturated heterocycles. The monoisotopic (exact) mass is 330 g/mol. The number of ether oxygens (including phenoxy) is 2. The van der Waals surface area contributed by atoms with E-state index in [4.69, 9.17) is 9.47 Å². The zero-order valence-corrected chi connectivity index (χ0v) is 15.1. The highest BCUT2D eigenvalue weighted by atomic mass is 16.6. The van der Waals surface area contributed by atoms with Gasteiger partial charge in [-0.15, -0.1) is 0 Å². The third-order valence-electron chi connectivity index (χ3n) is 3.94. The quantitative estimate of drug-likeness (QED) is 0.574. The second kappa shape index (κ2) is 7.99. The van der Waals surface area contributed by atoms with Crippen molar-refractivity contribution in [2.45, 2.75) is 47.1 Å². The maximum Gasteiger partial charge on any atom is 0.311 e. The second-order valence-electron chi connectivity index (χ2n) is 6.35. The van der Waals surface area contributed by atoms with Crippen molar-refractivity contribution in [1.82, 2.24) is 9.78 Å². The van der Waals surface area contributed by atoms with Gasteiger partial charge in [0.1, 0.15) is 0 Å². The van der Waals surface area contributed by atoms with Gasteiger partial charge in [-0.25, -0.2) is 0 Å². The summed E-state index contributed by atoms with van der Waals surface area (Å²) >= 11 is 0. The summed E-state index contributed by atoms with van der Waals surface area (Å²) in [5, 5.41) is 4.58. The van der Waals surface area contributed by atoms with Crippen LogP contribution in [-0.2, 0) is 17.8 Å². The molecule has 0 bridgehead atoms. The maximum atomic E-state index is 12.2. The first-order valence-corrected chi connectivity index (χ1v) is 8.29. The Morgan fingerprint density at radius 2 is 1.88 bits per heavy atom. The van der Waals surface area contributed by atoms with Crippen molar-refractivity contribution >= 4 is 5.97 Å². The van der Waals surface area contributed by atoms with Crippen molar-refractivity contribution in [2.75, 3.05) is 7.11 Å². The lowest BCUT2D eigenvalue weighted by molar-refractivity contribution is -0.134. The number of hydrogen-bond donors (Lipinski definition) is 0. The number of esters is 1. The fraction of sp³-hybridized carbons (Fsp3) is 0.474. The van der Waals surface area contributed by atoms with E-state index in [-0.39, 0.29) is 5.97 Å².